The van der Waals surface area contributed by atoms with Crippen LogP contribution in [0.2, 0.25) is 0 Å². The second kappa shape index (κ2) is 8.55. The Kier molecular flexibility index (Phi) is 5.31. The highest BCUT2D eigenvalue weighted by Crippen LogP contribution is 2.23. The first kappa shape index (κ1) is 19.2. The van der Waals surface area contributed by atoms with E-state index in [0.717, 1.165) is 48.1 Å². The molecule has 1 aliphatic heterocycles. The van der Waals surface area contributed by atoms with Gasteiger partial charge in [0.2, 0.25) is 11.7 Å². The summed E-state index contributed by atoms with van der Waals surface area (Å²) in [7, 11) is 0. The van der Waals surface area contributed by atoms with Gasteiger partial charge < -0.3 is 14.0 Å². The maximum Gasteiger partial charge on any atom is 0.250 e. The van der Waals surface area contributed by atoms with Gasteiger partial charge >= 0.3 is 0 Å². The number of imidazole rings is 1. The van der Waals surface area contributed by atoms with Gasteiger partial charge in [-0.25, -0.2) is 4.98 Å². The Bertz CT molecular complexity index is 1220. The molecule has 0 N–H and O–H groups in total. The van der Waals surface area contributed by atoms with Crippen molar-refractivity contribution in [2.24, 2.45) is 0 Å². The summed E-state index contributed by atoms with van der Waals surface area (Å²) in [6.07, 6.45) is 8.25. The van der Waals surface area contributed by atoms with Gasteiger partial charge in [-0.05, 0) is 42.7 Å². The molecule has 0 bridgehead atoms. The third kappa shape index (κ3) is 4.26. The molecular weight excluding hydrogens is 390 g/mol. The molecule has 0 atom stereocenters. The zero-order valence-corrected chi connectivity index (χ0v) is 17.1. The van der Waals surface area contributed by atoms with Crippen LogP contribution in [0.5, 0.6) is 0 Å². The van der Waals surface area contributed by atoms with Crippen LogP contribution >= 0.6 is 0 Å². The van der Waals surface area contributed by atoms with Crippen molar-refractivity contribution < 1.29 is 9.32 Å². The lowest BCUT2D eigenvalue weighted by Gasteiger charge is -2.15. The minimum absolute atomic E-state index is 0.221. The van der Waals surface area contributed by atoms with E-state index < -0.39 is 0 Å². The highest BCUT2D eigenvalue weighted by molar-refractivity contribution is 5.81. The highest BCUT2D eigenvalue weighted by Gasteiger charge is 2.18. The van der Waals surface area contributed by atoms with Crippen LogP contribution in [-0.2, 0) is 11.3 Å². The Hall–Kier alpha value is -3.74. The molecular formula is C24H23N5O2. The lowest BCUT2D eigenvalue weighted by molar-refractivity contribution is -0.130. The fourth-order valence-corrected chi connectivity index (χ4v) is 3.87. The minimum Gasteiger partial charge on any atom is -0.343 e. The van der Waals surface area contributed by atoms with Gasteiger partial charge in [-0.15, -0.1) is 0 Å². The van der Waals surface area contributed by atoms with Crippen molar-refractivity contribution in [2.75, 3.05) is 13.1 Å². The second-order valence-corrected chi connectivity index (χ2v) is 7.68. The van der Waals surface area contributed by atoms with E-state index in [1.165, 1.54) is 0 Å². The monoisotopic (exact) mass is 413 g/mol. The van der Waals surface area contributed by atoms with Gasteiger partial charge in [0.1, 0.15) is 0 Å². The predicted octanol–water partition coefficient (Wildman–Crippen LogP) is 4.27. The molecule has 0 unspecified atom stereocenters. The molecule has 0 radical (unpaired) electrons. The molecule has 4 aromatic rings. The van der Waals surface area contributed by atoms with Gasteiger partial charge in [-0.1, -0.05) is 35.5 Å². The predicted molar refractivity (Wildman–Crippen MR) is 119 cm³/mol. The molecule has 156 valence electrons. The summed E-state index contributed by atoms with van der Waals surface area (Å²) in [6.45, 7) is 2.40. The third-order valence-electron chi connectivity index (χ3n) is 5.56. The van der Waals surface area contributed by atoms with Crippen LogP contribution in [0.25, 0.3) is 34.6 Å². The van der Waals surface area contributed by atoms with E-state index in [-0.39, 0.29) is 5.91 Å². The van der Waals surface area contributed by atoms with E-state index in [1.54, 1.807) is 12.4 Å². The summed E-state index contributed by atoms with van der Waals surface area (Å²) in [4.78, 5) is 23.2. The lowest BCUT2D eigenvalue weighted by Crippen LogP contribution is -2.28. The van der Waals surface area contributed by atoms with Crippen molar-refractivity contribution in [2.45, 2.75) is 25.8 Å². The first-order valence-corrected chi connectivity index (χ1v) is 10.6. The van der Waals surface area contributed by atoms with Crippen LogP contribution < -0.4 is 0 Å². The molecule has 5 rings (SSSR count). The molecule has 1 saturated heterocycles. The van der Waals surface area contributed by atoms with E-state index in [2.05, 4.69) is 15.1 Å². The van der Waals surface area contributed by atoms with Gasteiger partial charge in [0, 0.05) is 37.7 Å². The average Bonchev–Trinajstić information content (AvgIpc) is 3.57. The number of carbonyl (C=O) groups is 1. The quantitative estimate of drug-likeness (QED) is 0.472. The van der Waals surface area contributed by atoms with Crippen LogP contribution in [0, 0.1) is 0 Å². The first-order chi connectivity index (χ1) is 15.3. The van der Waals surface area contributed by atoms with Crippen LogP contribution in [0.15, 0.2) is 59.4 Å². The molecule has 31 heavy (non-hydrogen) atoms. The Morgan fingerprint density at radius 2 is 1.90 bits per heavy atom. The number of aromatic nitrogens is 4. The van der Waals surface area contributed by atoms with E-state index in [4.69, 9.17) is 4.52 Å². The molecule has 2 aromatic heterocycles. The molecule has 1 amide bonds. The highest BCUT2D eigenvalue weighted by atomic mass is 16.5. The van der Waals surface area contributed by atoms with Gasteiger partial charge in [-0.3, -0.25) is 4.79 Å². The van der Waals surface area contributed by atoms with Crippen molar-refractivity contribution in [3.63, 3.8) is 0 Å². The third-order valence-corrected chi connectivity index (χ3v) is 5.56. The zero-order valence-electron chi connectivity index (χ0n) is 17.1. The van der Waals surface area contributed by atoms with Gasteiger partial charge in [-0.2, -0.15) is 4.98 Å². The van der Waals surface area contributed by atoms with Gasteiger partial charge in [0.25, 0.3) is 5.89 Å². The largest absolute Gasteiger partial charge is 0.343 e. The molecule has 1 fully saturated rings. The number of hydrogen-bond donors (Lipinski definition) is 0. The summed E-state index contributed by atoms with van der Waals surface area (Å²) in [5, 5.41) is 4.09. The SMILES string of the molecule is O=C(CCn1cnc2cc(-c3noc(C=Cc4ccccc4)n3)ccc21)N1CCCC1. The molecule has 7 nitrogen and oxygen atoms in total. The number of carbonyl (C=O) groups excluding carboxylic acids is 1. The maximum atomic E-state index is 12.3. The Balaban J connectivity index is 1.29. The van der Waals surface area contributed by atoms with Crippen LogP contribution in [0.1, 0.15) is 30.7 Å². The first-order valence-electron chi connectivity index (χ1n) is 10.6. The Morgan fingerprint density at radius 1 is 1.06 bits per heavy atom. The number of fused-ring (bicyclic) bond motifs is 1. The maximum absolute atomic E-state index is 12.3. The van der Waals surface area contributed by atoms with E-state index in [0.29, 0.717) is 24.7 Å². The Labute approximate surface area is 180 Å². The van der Waals surface area contributed by atoms with Crippen LogP contribution in [-0.4, -0.2) is 43.6 Å². The van der Waals surface area contributed by atoms with Crippen molar-refractivity contribution in [3.05, 3.63) is 66.3 Å². The number of aryl methyl sites for hydroxylation is 1. The average molecular weight is 413 g/mol. The molecule has 0 spiro atoms. The van der Waals surface area contributed by atoms with Crippen molar-refractivity contribution in [3.8, 4) is 11.4 Å². The van der Waals surface area contributed by atoms with Crippen molar-refractivity contribution in [1.29, 1.82) is 0 Å². The number of amides is 1. The molecule has 1 aliphatic rings. The standard InChI is InChI=1S/C24H23N5O2/c30-23(28-13-4-5-14-28)12-15-29-17-25-20-16-19(9-10-21(20)29)24-26-22(31-27-24)11-8-18-6-2-1-3-7-18/h1-3,6-11,16-17H,4-5,12-15H2. The fraction of sp³-hybridized carbons (Fsp3) is 0.250. The molecule has 0 aliphatic carbocycles. The number of rotatable bonds is 6. The molecule has 7 heteroatoms. The van der Waals surface area contributed by atoms with Crippen LogP contribution in [0.3, 0.4) is 0 Å². The fourth-order valence-electron chi connectivity index (χ4n) is 3.87. The van der Waals surface area contributed by atoms with E-state index in [1.807, 2.05) is 64.1 Å². The smallest absolute Gasteiger partial charge is 0.250 e. The summed E-state index contributed by atoms with van der Waals surface area (Å²) >= 11 is 0. The van der Waals surface area contributed by atoms with E-state index in [9.17, 15) is 4.79 Å². The molecule has 3 heterocycles. The normalized spacial score (nSPS) is 14.1. The van der Waals surface area contributed by atoms with Crippen LogP contribution in [0.4, 0.5) is 0 Å². The molecule has 0 saturated carbocycles. The van der Waals surface area contributed by atoms with Crippen molar-refractivity contribution >= 4 is 29.1 Å². The number of benzene rings is 2. The zero-order chi connectivity index (χ0) is 21.0. The topological polar surface area (TPSA) is 77.0 Å². The summed E-state index contributed by atoms with van der Waals surface area (Å²) in [5.41, 5.74) is 3.74. The molecule has 2 aromatic carbocycles. The van der Waals surface area contributed by atoms with Gasteiger partial charge in [0.05, 0.1) is 17.4 Å². The summed E-state index contributed by atoms with van der Waals surface area (Å²) in [5.74, 6) is 1.19. The van der Waals surface area contributed by atoms with E-state index >= 15 is 0 Å². The summed E-state index contributed by atoms with van der Waals surface area (Å²) in [6, 6.07) is 15.9. The number of likely N-dealkylation sites (tertiary alicyclic amines) is 1. The summed E-state index contributed by atoms with van der Waals surface area (Å²) < 4.78 is 7.38. The second-order valence-electron chi connectivity index (χ2n) is 7.68. The minimum atomic E-state index is 0.221. The number of hydrogen-bond acceptors (Lipinski definition) is 5. The number of nitrogens with zero attached hydrogens (tertiary/aromatic N) is 5. The van der Waals surface area contributed by atoms with Gasteiger partial charge in [0.15, 0.2) is 0 Å². The van der Waals surface area contributed by atoms with Crippen molar-refractivity contribution in [1.82, 2.24) is 24.6 Å². The Morgan fingerprint density at radius 3 is 2.74 bits per heavy atom. The lowest BCUT2D eigenvalue weighted by atomic mass is 10.2.